The number of hydrogen-bond donors (Lipinski definition) is 1. The average molecular weight is 201 g/mol. The Labute approximate surface area is 89.5 Å². The molecule has 0 atom stereocenters. The molecule has 78 valence electrons. The molecule has 1 heterocycles. The topological polar surface area (TPSA) is 42.1 Å². The second-order valence-corrected chi connectivity index (χ2v) is 3.94. The predicted molar refractivity (Wildman–Crippen MR) is 65.2 cm³/mol. The fourth-order valence-corrected chi connectivity index (χ4v) is 1.63. The number of hydrogen-bond acceptors (Lipinski definition) is 3. The molecule has 0 radical (unpaired) electrons. The zero-order valence-corrected chi connectivity index (χ0v) is 9.28. The maximum Gasteiger partial charge on any atom is 0.130 e. The maximum atomic E-state index is 6.00. The molecule has 3 nitrogen and oxygen atoms in total. The Morgan fingerprint density at radius 3 is 2.67 bits per heavy atom. The molecule has 0 aliphatic carbocycles. The highest BCUT2D eigenvalue weighted by atomic mass is 15.1. The van der Waals surface area contributed by atoms with Gasteiger partial charge >= 0.3 is 0 Å². The molecule has 0 spiro atoms. The molecule has 0 bridgehead atoms. The van der Waals surface area contributed by atoms with Crippen LogP contribution in [-0.2, 0) is 0 Å². The quantitative estimate of drug-likeness (QED) is 0.769. The van der Waals surface area contributed by atoms with Gasteiger partial charge < -0.3 is 10.6 Å². The first kappa shape index (κ1) is 9.77. The van der Waals surface area contributed by atoms with Crippen LogP contribution in [-0.4, -0.2) is 19.1 Å². The number of nitrogens with zero attached hydrogens (tertiary/aromatic N) is 2. The minimum Gasteiger partial charge on any atom is -0.398 e. The summed E-state index contributed by atoms with van der Waals surface area (Å²) in [5.74, 6) is 0.898. The number of pyridine rings is 1. The van der Waals surface area contributed by atoms with Crippen molar-refractivity contribution in [2.75, 3.05) is 24.7 Å². The normalized spacial score (nSPS) is 10.6. The van der Waals surface area contributed by atoms with E-state index in [1.807, 2.05) is 50.2 Å². The highest BCUT2D eigenvalue weighted by Crippen LogP contribution is 2.25. The summed E-state index contributed by atoms with van der Waals surface area (Å²) in [5, 5.41) is 1.03. The van der Waals surface area contributed by atoms with E-state index in [2.05, 4.69) is 4.98 Å². The van der Waals surface area contributed by atoms with Crippen molar-refractivity contribution in [1.29, 1.82) is 0 Å². The van der Waals surface area contributed by atoms with Crippen LogP contribution >= 0.6 is 0 Å². The number of para-hydroxylation sites is 1. The van der Waals surface area contributed by atoms with E-state index in [0.717, 1.165) is 28.0 Å². The van der Waals surface area contributed by atoms with E-state index in [1.165, 1.54) is 0 Å². The van der Waals surface area contributed by atoms with Gasteiger partial charge in [-0.3, -0.25) is 0 Å². The first-order valence-electron chi connectivity index (χ1n) is 4.93. The Morgan fingerprint density at radius 1 is 1.27 bits per heavy atom. The molecule has 0 unspecified atom stereocenters. The highest BCUT2D eigenvalue weighted by molar-refractivity contribution is 5.93. The number of fused-ring (bicyclic) bond motifs is 1. The van der Waals surface area contributed by atoms with Crippen LogP contribution in [0, 0.1) is 6.92 Å². The van der Waals surface area contributed by atoms with Gasteiger partial charge in [0.15, 0.2) is 0 Å². The maximum absolute atomic E-state index is 6.00. The SMILES string of the molecule is Cc1cccc2c(N)cc(N(C)C)nc12. The fourth-order valence-electron chi connectivity index (χ4n) is 1.63. The largest absolute Gasteiger partial charge is 0.398 e. The number of anilines is 2. The second kappa shape index (κ2) is 3.42. The fraction of sp³-hybridized carbons (Fsp3) is 0.250. The third kappa shape index (κ3) is 1.61. The molecule has 0 saturated heterocycles. The molecule has 2 aromatic rings. The first-order valence-corrected chi connectivity index (χ1v) is 4.93. The lowest BCUT2D eigenvalue weighted by molar-refractivity contribution is 1.08. The summed E-state index contributed by atoms with van der Waals surface area (Å²) in [6.45, 7) is 2.05. The van der Waals surface area contributed by atoms with E-state index in [1.54, 1.807) is 0 Å². The molecule has 0 aliphatic heterocycles. The standard InChI is InChI=1S/C12H15N3/c1-8-5-4-6-9-10(13)7-11(15(2)3)14-12(8)9/h4-7H,1-3H3,(H2,13,14). The Balaban J connectivity index is 2.80. The Morgan fingerprint density at radius 2 is 2.00 bits per heavy atom. The first-order chi connectivity index (χ1) is 7.09. The Kier molecular flexibility index (Phi) is 2.23. The van der Waals surface area contributed by atoms with Gasteiger partial charge in [0.05, 0.1) is 5.52 Å². The molecular weight excluding hydrogens is 186 g/mol. The van der Waals surface area contributed by atoms with Crippen LogP contribution in [0.5, 0.6) is 0 Å². The average Bonchev–Trinajstić information content (AvgIpc) is 2.19. The molecule has 0 amide bonds. The van der Waals surface area contributed by atoms with Gasteiger partial charge in [-0.15, -0.1) is 0 Å². The van der Waals surface area contributed by atoms with Crippen LogP contribution in [0.1, 0.15) is 5.56 Å². The number of nitrogen functional groups attached to an aromatic ring is 1. The minimum atomic E-state index is 0.785. The van der Waals surface area contributed by atoms with Crippen LogP contribution in [0.2, 0.25) is 0 Å². The summed E-state index contributed by atoms with van der Waals surface area (Å²) in [6.07, 6.45) is 0. The van der Waals surface area contributed by atoms with Gasteiger partial charge in [0.1, 0.15) is 5.82 Å². The molecule has 0 saturated carbocycles. The predicted octanol–water partition coefficient (Wildman–Crippen LogP) is 2.19. The third-order valence-corrected chi connectivity index (χ3v) is 2.52. The van der Waals surface area contributed by atoms with Crippen molar-refractivity contribution in [3.05, 3.63) is 29.8 Å². The number of rotatable bonds is 1. The zero-order chi connectivity index (χ0) is 11.0. The van der Waals surface area contributed by atoms with Crippen LogP contribution < -0.4 is 10.6 Å². The van der Waals surface area contributed by atoms with Crippen molar-refractivity contribution >= 4 is 22.4 Å². The van der Waals surface area contributed by atoms with E-state index in [-0.39, 0.29) is 0 Å². The second-order valence-electron chi connectivity index (χ2n) is 3.94. The summed E-state index contributed by atoms with van der Waals surface area (Å²) >= 11 is 0. The molecule has 0 aliphatic rings. The molecule has 2 N–H and O–H groups in total. The van der Waals surface area contributed by atoms with Gasteiger partial charge in [0.2, 0.25) is 0 Å². The molecule has 3 heteroatoms. The lowest BCUT2D eigenvalue weighted by atomic mass is 10.1. The van der Waals surface area contributed by atoms with Gasteiger partial charge in [-0.05, 0) is 12.5 Å². The van der Waals surface area contributed by atoms with E-state index in [9.17, 15) is 0 Å². The van der Waals surface area contributed by atoms with Gasteiger partial charge in [-0.25, -0.2) is 4.98 Å². The number of aromatic nitrogens is 1. The molecule has 1 aromatic heterocycles. The monoisotopic (exact) mass is 201 g/mol. The van der Waals surface area contributed by atoms with Crippen molar-refractivity contribution in [3.63, 3.8) is 0 Å². The zero-order valence-electron chi connectivity index (χ0n) is 9.28. The van der Waals surface area contributed by atoms with E-state index < -0.39 is 0 Å². The summed E-state index contributed by atoms with van der Waals surface area (Å²) < 4.78 is 0. The molecule has 15 heavy (non-hydrogen) atoms. The number of aryl methyl sites for hydroxylation is 1. The van der Waals surface area contributed by atoms with Crippen molar-refractivity contribution < 1.29 is 0 Å². The molecule has 1 aromatic carbocycles. The minimum absolute atomic E-state index is 0.785. The van der Waals surface area contributed by atoms with Crippen LogP contribution in [0.25, 0.3) is 10.9 Å². The lowest BCUT2D eigenvalue weighted by Gasteiger charge is -2.14. The summed E-state index contributed by atoms with van der Waals surface area (Å²) in [4.78, 5) is 6.54. The Hall–Kier alpha value is -1.77. The van der Waals surface area contributed by atoms with E-state index >= 15 is 0 Å². The van der Waals surface area contributed by atoms with Crippen LogP contribution in [0.15, 0.2) is 24.3 Å². The van der Waals surface area contributed by atoms with Crippen LogP contribution in [0.3, 0.4) is 0 Å². The number of nitrogens with two attached hydrogens (primary N) is 1. The number of benzene rings is 1. The lowest BCUT2D eigenvalue weighted by Crippen LogP contribution is -2.11. The molecular formula is C12H15N3. The highest BCUT2D eigenvalue weighted by Gasteiger charge is 2.05. The van der Waals surface area contributed by atoms with Gasteiger partial charge in [-0.2, -0.15) is 0 Å². The van der Waals surface area contributed by atoms with Gasteiger partial charge in [-0.1, -0.05) is 18.2 Å². The van der Waals surface area contributed by atoms with Gasteiger partial charge in [0, 0.05) is 31.2 Å². The van der Waals surface area contributed by atoms with Crippen LogP contribution in [0.4, 0.5) is 11.5 Å². The summed E-state index contributed by atoms with van der Waals surface area (Å²) in [7, 11) is 3.93. The van der Waals surface area contributed by atoms with Crippen molar-refractivity contribution in [2.24, 2.45) is 0 Å². The smallest absolute Gasteiger partial charge is 0.130 e. The molecule has 0 fully saturated rings. The Bertz CT molecular complexity index is 503. The van der Waals surface area contributed by atoms with Crippen molar-refractivity contribution in [3.8, 4) is 0 Å². The van der Waals surface area contributed by atoms with Crippen molar-refractivity contribution in [2.45, 2.75) is 6.92 Å². The molecule has 2 rings (SSSR count). The third-order valence-electron chi connectivity index (χ3n) is 2.52. The van der Waals surface area contributed by atoms with E-state index in [4.69, 9.17) is 5.73 Å². The summed E-state index contributed by atoms with van der Waals surface area (Å²) in [6, 6.07) is 7.96. The van der Waals surface area contributed by atoms with Crippen molar-refractivity contribution in [1.82, 2.24) is 4.98 Å². The van der Waals surface area contributed by atoms with Gasteiger partial charge in [0.25, 0.3) is 0 Å². The summed E-state index contributed by atoms with van der Waals surface area (Å²) in [5.41, 5.74) is 8.92. The van der Waals surface area contributed by atoms with E-state index in [0.29, 0.717) is 0 Å².